The van der Waals surface area contributed by atoms with Crippen molar-refractivity contribution in [3.63, 3.8) is 0 Å². The number of aliphatic hydroxyl groups excluding tert-OH is 1. The Kier molecular flexibility index (Phi) is 7.52. The summed E-state index contributed by atoms with van der Waals surface area (Å²) in [5.41, 5.74) is 1.61. The minimum Gasteiger partial charge on any atom is -0.497 e. The van der Waals surface area contributed by atoms with Crippen LogP contribution in [0.15, 0.2) is 36.4 Å². The highest BCUT2D eigenvalue weighted by molar-refractivity contribution is 5.97. The van der Waals surface area contributed by atoms with Crippen molar-refractivity contribution in [3.8, 4) is 11.5 Å². The Balaban J connectivity index is 1.43. The molecule has 34 heavy (non-hydrogen) atoms. The summed E-state index contributed by atoms with van der Waals surface area (Å²) < 4.78 is 31.0. The fourth-order valence-corrected chi connectivity index (χ4v) is 4.36. The fraction of sp³-hybridized carbons (Fsp3) is 0.440. The number of halogens is 1. The molecule has 2 aliphatic rings. The van der Waals surface area contributed by atoms with Crippen molar-refractivity contribution in [1.29, 1.82) is 0 Å². The standard InChI is InChI=1S/C25H29FN2O6/c1-32-19-4-2-17(3-5-19)14-28-23(30)9-6-20-22(8-7-21(26)24(20)28)33-16-34-25(31)27-12-10-18(15-29)11-13-27/h2-5,7-8,18,29H,6,9-16H2,1H3. The van der Waals surface area contributed by atoms with Gasteiger partial charge >= 0.3 is 6.09 Å². The van der Waals surface area contributed by atoms with E-state index in [0.717, 1.165) is 18.4 Å². The minimum atomic E-state index is -0.507. The van der Waals surface area contributed by atoms with Gasteiger partial charge in [-0.2, -0.15) is 0 Å². The third-order valence-corrected chi connectivity index (χ3v) is 6.38. The molecule has 0 aromatic heterocycles. The lowest BCUT2D eigenvalue weighted by Gasteiger charge is -2.31. The number of anilines is 1. The quantitative estimate of drug-likeness (QED) is 0.621. The number of ether oxygens (including phenoxy) is 3. The number of methoxy groups -OCH3 is 1. The lowest BCUT2D eigenvalue weighted by atomic mass is 9.98. The first-order valence-electron chi connectivity index (χ1n) is 11.4. The smallest absolute Gasteiger partial charge is 0.412 e. The van der Waals surface area contributed by atoms with E-state index in [1.807, 2.05) is 12.1 Å². The van der Waals surface area contributed by atoms with Gasteiger partial charge < -0.3 is 29.1 Å². The zero-order valence-electron chi connectivity index (χ0n) is 19.2. The predicted octanol–water partition coefficient (Wildman–Crippen LogP) is 3.49. The highest BCUT2D eigenvalue weighted by atomic mass is 19.1. The minimum absolute atomic E-state index is 0.125. The van der Waals surface area contributed by atoms with Crippen LogP contribution in [0, 0.1) is 11.7 Å². The lowest BCUT2D eigenvalue weighted by molar-refractivity contribution is -0.119. The summed E-state index contributed by atoms with van der Waals surface area (Å²) >= 11 is 0. The van der Waals surface area contributed by atoms with Crippen LogP contribution in [0.2, 0.25) is 0 Å². The van der Waals surface area contributed by atoms with Crippen LogP contribution in [0.25, 0.3) is 0 Å². The van der Waals surface area contributed by atoms with Crippen LogP contribution in [0.3, 0.4) is 0 Å². The predicted molar refractivity (Wildman–Crippen MR) is 122 cm³/mol. The number of rotatable bonds is 7. The molecule has 0 radical (unpaired) electrons. The summed E-state index contributed by atoms with van der Waals surface area (Å²) in [4.78, 5) is 28.0. The number of piperidine rings is 1. The molecule has 9 heteroatoms. The van der Waals surface area contributed by atoms with E-state index in [1.54, 1.807) is 24.1 Å². The second kappa shape index (κ2) is 10.7. The lowest BCUT2D eigenvalue weighted by Crippen LogP contribution is -2.40. The molecule has 1 fully saturated rings. The molecular weight excluding hydrogens is 443 g/mol. The van der Waals surface area contributed by atoms with Crippen molar-refractivity contribution in [2.24, 2.45) is 5.92 Å². The average Bonchev–Trinajstić information content (AvgIpc) is 2.87. The number of benzene rings is 2. The topological polar surface area (TPSA) is 88.5 Å². The number of hydrogen-bond donors (Lipinski definition) is 1. The van der Waals surface area contributed by atoms with Gasteiger partial charge in [0.05, 0.1) is 19.3 Å². The van der Waals surface area contributed by atoms with E-state index in [4.69, 9.17) is 14.2 Å². The zero-order chi connectivity index (χ0) is 24.1. The van der Waals surface area contributed by atoms with Gasteiger partial charge in [-0.1, -0.05) is 12.1 Å². The van der Waals surface area contributed by atoms with Crippen LogP contribution in [0.1, 0.15) is 30.4 Å². The molecule has 8 nitrogen and oxygen atoms in total. The van der Waals surface area contributed by atoms with Gasteiger partial charge in [0.2, 0.25) is 12.7 Å². The van der Waals surface area contributed by atoms with E-state index in [2.05, 4.69) is 0 Å². The Morgan fingerprint density at radius 2 is 1.85 bits per heavy atom. The Morgan fingerprint density at radius 3 is 2.53 bits per heavy atom. The molecule has 0 saturated carbocycles. The molecule has 1 saturated heterocycles. The highest BCUT2D eigenvalue weighted by Gasteiger charge is 2.30. The van der Waals surface area contributed by atoms with Gasteiger partial charge in [0, 0.05) is 31.7 Å². The van der Waals surface area contributed by atoms with Crippen molar-refractivity contribution in [2.75, 3.05) is 38.5 Å². The van der Waals surface area contributed by atoms with Crippen LogP contribution in [-0.4, -0.2) is 55.6 Å². The molecular formula is C25H29FN2O6. The molecule has 2 heterocycles. The third kappa shape index (κ3) is 5.25. The van der Waals surface area contributed by atoms with Crippen LogP contribution in [-0.2, 0) is 22.5 Å². The molecule has 2 aromatic rings. The Labute approximate surface area is 197 Å². The maximum Gasteiger partial charge on any atom is 0.412 e. The molecule has 2 aromatic carbocycles. The zero-order valence-corrected chi connectivity index (χ0v) is 19.2. The first-order valence-corrected chi connectivity index (χ1v) is 11.4. The second-order valence-electron chi connectivity index (χ2n) is 8.49. The average molecular weight is 473 g/mol. The van der Waals surface area contributed by atoms with Gasteiger partial charge in [-0.3, -0.25) is 4.79 Å². The van der Waals surface area contributed by atoms with Gasteiger partial charge in [-0.15, -0.1) is 0 Å². The third-order valence-electron chi connectivity index (χ3n) is 6.38. The van der Waals surface area contributed by atoms with Crippen molar-refractivity contribution in [3.05, 3.63) is 53.3 Å². The molecule has 2 aliphatic heterocycles. The summed E-state index contributed by atoms with van der Waals surface area (Å²) in [7, 11) is 1.58. The Morgan fingerprint density at radius 1 is 1.12 bits per heavy atom. The highest BCUT2D eigenvalue weighted by Crippen LogP contribution is 2.38. The number of carbonyl (C=O) groups is 2. The summed E-state index contributed by atoms with van der Waals surface area (Å²) in [6, 6.07) is 10.0. The molecule has 0 bridgehead atoms. The van der Waals surface area contributed by atoms with Crippen LogP contribution in [0.4, 0.5) is 14.9 Å². The number of hydrogen-bond acceptors (Lipinski definition) is 6. The van der Waals surface area contributed by atoms with Gasteiger partial charge in [-0.25, -0.2) is 9.18 Å². The fourth-order valence-electron chi connectivity index (χ4n) is 4.36. The monoisotopic (exact) mass is 472 g/mol. The summed E-state index contributed by atoms with van der Waals surface area (Å²) in [5, 5.41) is 9.23. The van der Waals surface area contributed by atoms with Crippen LogP contribution >= 0.6 is 0 Å². The maximum absolute atomic E-state index is 14.9. The van der Waals surface area contributed by atoms with Crippen molar-refractivity contribution >= 4 is 17.7 Å². The number of carbonyl (C=O) groups excluding carboxylic acids is 2. The Hall–Kier alpha value is -3.33. The molecule has 4 rings (SSSR count). The number of nitrogens with zero attached hydrogens (tertiary/aromatic N) is 2. The van der Waals surface area contributed by atoms with Crippen molar-refractivity contribution < 1.29 is 33.3 Å². The van der Waals surface area contributed by atoms with Crippen molar-refractivity contribution in [1.82, 2.24) is 4.90 Å². The molecule has 0 spiro atoms. The molecule has 0 aliphatic carbocycles. The number of aliphatic hydroxyl groups is 1. The number of amides is 2. The first kappa shape index (κ1) is 23.8. The van der Waals surface area contributed by atoms with Crippen LogP contribution in [0.5, 0.6) is 11.5 Å². The van der Waals surface area contributed by atoms with Gasteiger partial charge in [0.15, 0.2) is 0 Å². The molecule has 0 atom stereocenters. The van der Waals surface area contributed by atoms with E-state index < -0.39 is 11.9 Å². The maximum atomic E-state index is 14.9. The van der Waals surface area contributed by atoms with Crippen molar-refractivity contribution in [2.45, 2.75) is 32.2 Å². The summed E-state index contributed by atoms with van der Waals surface area (Å²) in [6.45, 7) is 1.08. The number of likely N-dealkylation sites (tertiary alicyclic amines) is 1. The van der Waals surface area contributed by atoms with E-state index in [-0.39, 0.29) is 43.9 Å². The largest absolute Gasteiger partial charge is 0.497 e. The molecule has 182 valence electrons. The SMILES string of the molecule is COc1ccc(CN2C(=O)CCc3c(OCOC(=O)N4CCC(CO)CC4)ccc(F)c32)cc1. The second-order valence-corrected chi connectivity index (χ2v) is 8.49. The van der Waals surface area contributed by atoms with Gasteiger partial charge in [-0.05, 0) is 55.0 Å². The normalized spacial score (nSPS) is 16.3. The number of fused-ring (bicyclic) bond motifs is 1. The molecule has 1 N–H and O–H groups in total. The molecule has 0 unspecified atom stereocenters. The first-order chi connectivity index (χ1) is 16.5. The van der Waals surface area contributed by atoms with E-state index >= 15 is 0 Å². The summed E-state index contributed by atoms with van der Waals surface area (Å²) in [5.74, 6) is 0.623. The summed E-state index contributed by atoms with van der Waals surface area (Å²) in [6.07, 6.45) is 1.54. The van der Waals surface area contributed by atoms with Crippen LogP contribution < -0.4 is 14.4 Å². The Bertz CT molecular complexity index is 1020. The van der Waals surface area contributed by atoms with E-state index in [0.29, 0.717) is 36.6 Å². The van der Waals surface area contributed by atoms with E-state index in [9.17, 15) is 19.1 Å². The van der Waals surface area contributed by atoms with Gasteiger partial charge in [0.1, 0.15) is 17.3 Å². The van der Waals surface area contributed by atoms with E-state index in [1.165, 1.54) is 17.0 Å². The van der Waals surface area contributed by atoms with Gasteiger partial charge in [0.25, 0.3) is 0 Å². The molecule has 2 amide bonds.